The largest absolute Gasteiger partial charge is 0.490 e. The number of benzene rings is 1. The topological polar surface area (TPSA) is 119 Å². The van der Waals surface area contributed by atoms with Crippen molar-refractivity contribution in [3.05, 3.63) is 60.2 Å². The van der Waals surface area contributed by atoms with Crippen molar-refractivity contribution < 1.29 is 19.4 Å². The average molecular weight is 514 g/mol. The lowest BCUT2D eigenvalue weighted by Crippen LogP contribution is -2.55. The van der Waals surface area contributed by atoms with Crippen LogP contribution in [-0.4, -0.2) is 85.9 Å². The fourth-order valence-electron chi connectivity index (χ4n) is 5.86. The maximum Gasteiger partial charge on any atom is 0.248 e. The van der Waals surface area contributed by atoms with E-state index in [0.29, 0.717) is 45.4 Å². The lowest BCUT2D eigenvalue weighted by atomic mass is 9.91. The second-order valence-corrected chi connectivity index (χ2v) is 10.0. The van der Waals surface area contributed by atoms with Gasteiger partial charge in [-0.2, -0.15) is 0 Å². The van der Waals surface area contributed by atoms with E-state index in [0.717, 1.165) is 39.6 Å². The average Bonchev–Trinajstić information content (AvgIpc) is 3.52. The molecule has 11 nitrogen and oxygen atoms in total. The molecule has 0 aliphatic carbocycles. The second-order valence-electron chi connectivity index (χ2n) is 10.0. The molecule has 1 aromatic carbocycles. The van der Waals surface area contributed by atoms with Gasteiger partial charge in [0.25, 0.3) is 0 Å². The van der Waals surface area contributed by atoms with Gasteiger partial charge in [0.2, 0.25) is 11.9 Å². The Kier molecular flexibility index (Phi) is 5.31. The molecule has 0 bridgehead atoms. The summed E-state index contributed by atoms with van der Waals surface area (Å²) in [5.41, 5.74) is 3.71. The number of imidazole rings is 1. The van der Waals surface area contributed by atoms with Gasteiger partial charge in [-0.1, -0.05) is 18.2 Å². The van der Waals surface area contributed by atoms with Crippen LogP contribution in [0, 0.1) is 0 Å². The van der Waals surface area contributed by atoms with E-state index in [-0.39, 0.29) is 11.9 Å². The van der Waals surface area contributed by atoms with Crippen molar-refractivity contribution in [3.63, 3.8) is 0 Å². The second kappa shape index (κ2) is 8.74. The Balaban J connectivity index is 1.21. The molecule has 1 amide bonds. The first-order valence-corrected chi connectivity index (χ1v) is 12.7. The molecular weight excluding hydrogens is 486 g/mol. The number of aromatic nitrogens is 5. The summed E-state index contributed by atoms with van der Waals surface area (Å²) in [6, 6.07) is 11.9. The molecule has 11 heteroatoms. The molecule has 0 radical (unpaired) electrons. The monoisotopic (exact) mass is 513 g/mol. The Hall–Kier alpha value is -4.09. The quantitative estimate of drug-likeness (QED) is 0.436. The van der Waals surface area contributed by atoms with E-state index in [4.69, 9.17) is 19.4 Å². The number of hydrogen-bond donors (Lipinski definition) is 1. The van der Waals surface area contributed by atoms with Gasteiger partial charge in [-0.25, -0.2) is 19.9 Å². The van der Waals surface area contributed by atoms with Crippen LogP contribution in [-0.2, 0) is 21.7 Å². The lowest BCUT2D eigenvalue weighted by molar-refractivity contribution is -0.136. The molecule has 1 N–H and O–H groups in total. The fourth-order valence-corrected chi connectivity index (χ4v) is 5.86. The van der Waals surface area contributed by atoms with E-state index in [9.17, 15) is 9.90 Å². The molecule has 1 fully saturated rings. The van der Waals surface area contributed by atoms with Crippen LogP contribution in [0.25, 0.3) is 22.4 Å². The predicted octanol–water partition coefficient (Wildman–Crippen LogP) is 1.58. The highest BCUT2D eigenvalue weighted by Gasteiger charge is 2.47. The number of fused-ring (bicyclic) bond motifs is 6. The van der Waals surface area contributed by atoms with Crippen LogP contribution in [0.1, 0.15) is 18.3 Å². The third kappa shape index (κ3) is 3.46. The third-order valence-corrected chi connectivity index (χ3v) is 7.73. The summed E-state index contributed by atoms with van der Waals surface area (Å²) >= 11 is 0. The van der Waals surface area contributed by atoms with Crippen LogP contribution >= 0.6 is 0 Å². The number of carbonyl (C=O) groups excluding carboxylic acids is 1. The number of carbonyl (C=O) groups is 1. The van der Waals surface area contributed by atoms with Crippen LogP contribution in [0.5, 0.6) is 5.75 Å². The zero-order valence-corrected chi connectivity index (χ0v) is 20.9. The molecule has 4 aromatic rings. The van der Waals surface area contributed by atoms with Gasteiger partial charge in [-0.05, 0) is 25.1 Å². The van der Waals surface area contributed by atoms with Crippen molar-refractivity contribution in [2.75, 3.05) is 44.4 Å². The van der Waals surface area contributed by atoms with Crippen LogP contribution in [0.3, 0.4) is 0 Å². The summed E-state index contributed by atoms with van der Waals surface area (Å²) in [5.74, 6) is 2.05. The van der Waals surface area contributed by atoms with E-state index in [1.165, 1.54) is 0 Å². The number of para-hydroxylation sites is 1. The van der Waals surface area contributed by atoms with Gasteiger partial charge in [-0.3, -0.25) is 9.36 Å². The summed E-state index contributed by atoms with van der Waals surface area (Å²) < 4.78 is 14.2. The minimum Gasteiger partial charge on any atom is -0.490 e. The molecule has 1 saturated heterocycles. The molecule has 3 aliphatic rings. The normalized spacial score (nSPS) is 22.4. The van der Waals surface area contributed by atoms with Crippen LogP contribution in [0.4, 0.5) is 5.95 Å². The number of nitrogens with zero attached hydrogens (tertiary/aromatic N) is 7. The SMILES string of the molecule is C[C@@H]1CN(c2ncc(-c3ccc4nc5n(c4n3)[C@]3(COC5)COc4ccccc43)cn2)CCN1C(=O)CO. The summed E-state index contributed by atoms with van der Waals surface area (Å²) in [7, 11) is 0. The van der Waals surface area contributed by atoms with Crippen molar-refractivity contribution in [2.24, 2.45) is 0 Å². The Morgan fingerprint density at radius 3 is 2.76 bits per heavy atom. The molecule has 0 unspecified atom stereocenters. The summed E-state index contributed by atoms with van der Waals surface area (Å²) in [5, 5.41) is 9.19. The molecule has 7 rings (SSSR count). The highest BCUT2D eigenvalue weighted by atomic mass is 16.5. The number of rotatable bonds is 3. The number of ether oxygens (including phenoxy) is 2. The van der Waals surface area contributed by atoms with Crippen LogP contribution in [0.2, 0.25) is 0 Å². The zero-order chi connectivity index (χ0) is 25.9. The molecule has 6 heterocycles. The van der Waals surface area contributed by atoms with E-state index in [1.54, 1.807) is 17.3 Å². The fraction of sp³-hybridized carbons (Fsp3) is 0.370. The van der Waals surface area contributed by atoms with Crippen molar-refractivity contribution in [2.45, 2.75) is 25.1 Å². The number of anilines is 1. The first-order valence-electron chi connectivity index (χ1n) is 12.7. The summed E-state index contributed by atoms with van der Waals surface area (Å²) in [6.45, 7) is 4.59. The Bertz CT molecular complexity index is 1540. The van der Waals surface area contributed by atoms with Crippen molar-refractivity contribution in [1.82, 2.24) is 29.4 Å². The summed E-state index contributed by atoms with van der Waals surface area (Å²) in [6.07, 6.45) is 3.57. The van der Waals surface area contributed by atoms with E-state index in [2.05, 4.69) is 25.5 Å². The first-order chi connectivity index (χ1) is 18.6. The predicted molar refractivity (Wildman–Crippen MR) is 138 cm³/mol. The van der Waals surface area contributed by atoms with Gasteiger partial charge in [0.15, 0.2) is 5.65 Å². The number of piperazine rings is 1. The Morgan fingerprint density at radius 1 is 1.11 bits per heavy atom. The maximum absolute atomic E-state index is 11.9. The van der Waals surface area contributed by atoms with Crippen molar-refractivity contribution in [3.8, 4) is 17.0 Å². The Morgan fingerprint density at radius 2 is 1.95 bits per heavy atom. The van der Waals surface area contributed by atoms with Gasteiger partial charge in [0.1, 0.15) is 42.5 Å². The molecule has 3 aromatic heterocycles. The number of aliphatic hydroxyl groups is 1. The van der Waals surface area contributed by atoms with Crippen LogP contribution < -0.4 is 9.64 Å². The molecule has 0 saturated carbocycles. The minimum absolute atomic E-state index is 0.0372. The number of amides is 1. The maximum atomic E-state index is 11.9. The molecular formula is C27H27N7O4. The standard InChI is InChI=1S/C27H27N7O4/c1-17-12-32(8-9-33(17)24(36)13-35)26-28-10-18(11-29-26)20-6-7-21-25(31-20)34-23(30-21)14-37-15-27(34)16-38-22-5-3-2-4-19(22)27/h2-7,10-11,17,35H,8-9,12-16H2,1H3/t17-,27-/m1/s1. The highest BCUT2D eigenvalue weighted by Crippen LogP contribution is 2.44. The highest BCUT2D eigenvalue weighted by molar-refractivity contribution is 5.78. The van der Waals surface area contributed by atoms with Gasteiger partial charge in [-0.15, -0.1) is 0 Å². The van der Waals surface area contributed by atoms with Crippen LogP contribution in [0.15, 0.2) is 48.8 Å². The number of pyridine rings is 1. The molecule has 194 valence electrons. The van der Waals surface area contributed by atoms with Gasteiger partial charge >= 0.3 is 0 Å². The van der Waals surface area contributed by atoms with Crippen molar-refractivity contribution >= 4 is 23.0 Å². The van der Waals surface area contributed by atoms with E-state index < -0.39 is 12.1 Å². The van der Waals surface area contributed by atoms with E-state index >= 15 is 0 Å². The number of aliphatic hydroxyl groups excluding tert-OH is 1. The smallest absolute Gasteiger partial charge is 0.248 e. The first kappa shape index (κ1) is 23.1. The molecule has 2 atom stereocenters. The van der Waals surface area contributed by atoms with Gasteiger partial charge in [0, 0.05) is 49.2 Å². The number of hydrogen-bond acceptors (Lipinski definition) is 9. The molecule has 1 spiro atoms. The van der Waals surface area contributed by atoms with Crippen molar-refractivity contribution in [1.29, 1.82) is 0 Å². The zero-order valence-electron chi connectivity index (χ0n) is 20.9. The third-order valence-electron chi connectivity index (χ3n) is 7.73. The Labute approximate surface area is 218 Å². The summed E-state index contributed by atoms with van der Waals surface area (Å²) in [4.78, 5) is 34.8. The van der Waals surface area contributed by atoms with Gasteiger partial charge in [0.05, 0.1) is 12.3 Å². The van der Waals surface area contributed by atoms with E-state index in [1.807, 2.05) is 37.3 Å². The molecule has 3 aliphatic heterocycles. The minimum atomic E-state index is -0.513. The molecule has 38 heavy (non-hydrogen) atoms. The lowest BCUT2D eigenvalue weighted by Gasteiger charge is -2.39. The van der Waals surface area contributed by atoms with Gasteiger partial charge < -0.3 is 24.4 Å².